The molecule has 116 valence electrons. The van der Waals surface area contributed by atoms with Gasteiger partial charge in [-0.15, -0.1) is 0 Å². The topological polar surface area (TPSA) is 52.6 Å². The number of hydrogen-bond donors (Lipinski definition) is 0. The van der Waals surface area contributed by atoms with Gasteiger partial charge in [-0.05, 0) is 38.5 Å². The Morgan fingerprint density at radius 2 is 1.62 bits per heavy atom. The molecule has 0 aliphatic carbocycles. The third-order valence-corrected chi connectivity index (χ3v) is 3.34. The Balaban J connectivity index is 2.84. The van der Waals surface area contributed by atoms with Gasteiger partial charge in [-0.25, -0.2) is 0 Å². The molecule has 0 amide bonds. The van der Waals surface area contributed by atoms with Gasteiger partial charge in [-0.2, -0.15) is 0 Å². The lowest BCUT2D eigenvalue weighted by Gasteiger charge is -2.22. The van der Waals surface area contributed by atoms with Crippen LogP contribution in [0.15, 0.2) is 28.7 Å². The molecular formula is C16H21BrO4. The van der Waals surface area contributed by atoms with Crippen molar-refractivity contribution in [3.63, 3.8) is 0 Å². The number of carbonyl (C=O) groups excluding carboxylic acids is 2. The smallest absolute Gasteiger partial charge is 0.306 e. The van der Waals surface area contributed by atoms with Gasteiger partial charge in [0.15, 0.2) is 0 Å². The minimum absolute atomic E-state index is 0.147. The monoisotopic (exact) mass is 356 g/mol. The number of ether oxygens (including phenoxy) is 2. The summed E-state index contributed by atoms with van der Waals surface area (Å²) in [6.07, 6.45) is 0.297. The van der Waals surface area contributed by atoms with Crippen LogP contribution in [-0.4, -0.2) is 24.6 Å². The predicted octanol–water partition coefficient (Wildman–Crippen LogP) is 3.83. The second-order valence-electron chi connectivity index (χ2n) is 5.82. The molecule has 1 aromatic rings. The van der Waals surface area contributed by atoms with Crippen LogP contribution in [0.4, 0.5) is 0 Å². The van der Waals surface area contributed by atoms with Gasteiger partial charge in [-0.3, -0.25) is 9.59 Å². The van der Waals surface area contributed by atoms with Gasteiger partial charge in [-0.1, -0.05) is 28.1 Å². The van der Waals surface area contributed by atoms with E-state index in [1.165, 1.54) is 7.11 Å². The van der Waals surface area contributed by atoms with Crippen molar-refractivity contribution in [2.45, 2.75) is 45.1 Å². The summed E-state index contributed by atoms with van der Waals surface area (Å²) in [6, 6.07) is 7.55. The van der Waals surface area contributed by atoms with E-state index in [-0.39, 0.29) is 30.7 Å². The highest BCUT2D eigenvalue weighted by atomic mass is 79.9. The van der Waals surface area contributed by atoms with Crippen LogP contribution in [0.2, 0.25) is 0 Å². The molecule has 0 bridgehead atoms. The Kier molecular flexibility index (Phi) is 6.40. The Morgan fingerprint density at radius 1 is 1.10 bits per heavy atom. The van der Waals surface area contributed by atoms with Crippen molar-refractivity contribution < 1.29 is 19.1 Å². The first kappa shape index (κ1) is 17.7. The molecule has 0 fully saturated rings. The summed E-state index contributed by atoms with van der Waals surface area (Å²) in [5.41, 5.74) is 0.376. The summed E-state index contributed by atoms with van der Waals surface area (Å²) in [5.74, 6) is -0.911. The fraction of sp³-hybridized carbons (Fsp3) is 0.500. The van der Waals surface area contributed by atoms with E-state index in [9.17, 15) is 9.59 Å². The molecule has 21 heavy (non-hydrogen) atoms. The van der Waals surface area contributed by atoms with Crippen LogP contribution in [0, 0.1) is 0 Å². The standard InChI is InChI=1S/C16H21BrO4/c1-16(2,3)21-15(19)10-12(9-14(18)20-4)11-5-7-13(17)8-6-11/h5-8,12H,9-10H2,1-4H3/t12-/m0/s1. The van der Waals surface area contributed by atoms with E-state index in [0.29, 0.717) is 0 Å². The zero-order valence-electron chi connectivity index (χ0n) is 12.8. The zero-order chi connectivity index (χ0) is 16.0. The van der Waals surface area contributed by atoms with E-state index in [1.54, 1.807) is 0 Å². The zero-order valence-corrected chi connectivity index (χ0v) is 14.4. The van der Waals surface area contributed by atoms with Crippen LogP contribution in [0.3, 0.4) is 0 Å². The van der Waals surface area contributed by atoms with Gasteiger partial charge in [0.25, 0.3) is 0 Å². The molecule has 0 saturated heterocycles. The molecule has 1 aromatic carbocycles. The van der Waals surface area contributed by atoms with E-state index in [1.807, 2.05) is 45.0 Å². The summed E-state index contributed by atoms with van der Waals surface area (Å²) in [4.78, 5) is 23.5. The molecule has 5 heteroatoms. The summed E-state index contributed by atoms with van der Waals surface area (Å²) in [7, 11) is 1.34. The van der Waals surface area contributed by atoms with Crippen molar-refractivity contribution in [1.29, 1.82) is 0 Å². The molecule has 0 aliphatic heterocycles. The summed E-state index contributed by atoms with van der Waals surface area (Å²) >= 11 is 3.37. The molecule has 0 radical (unpaired) electrons. The molecule has 0 saturated carbocycles. The van der Waals surface area contributed by atoms with E-state index < -0.39 is 5.60 Å². The molecule has 0 unspecified atom stereocenters. The first-order chi connectivity index (χ1) is 9.71. The SMILES string of the molecule is COC(=O)C[C@@H](CC(=O)OC(C)(C)C)c1ccc(Br)cc1. The molecule has 1 rings (SSSR count). The first-order valence-electron chi connectivity index (χ1n) is 6.75. The van der Waals surface area contributed by atoms with Crippen molar-refractivity contribution >= 4 is 27.9 Å². The maximum atomic E-state index is 12.0. The predicted molar refractivity (Wildman–Crippen MR) is 84.0 cm³/mol. The maximum absolute atomic E-state index is 12.0. The highest BCUT2D eigenvalue weighted by Crippen LogP contribution is 2.27. The van der Waals surface area contributed by atoms with Crippen LogP contribution >= 0.6 is 15.9 Å². The molecular weight excluding hydrogens is 336 g/mol. The van der Waals surface area contributed by atoms with Crippen LogP contribution in [0.5, 0.6) is 0 Å². The molecule has 0 heterocycles. The molecule has 0 aliphatic rings. The summed E-state index contributed by atoms with van der Waals surface area (Å²) < 4.78 is 11.0. The highest BCUT2D eigenvalue weighted by molar-refractivity contribution is 9.10. The lowest BCUT2D eigenvalue weighted by atomic mass is 9.92. The van der Waals surface area contributed by atoms with Gasteiger partial charge in [0.2, 0.25) is 0 Å². The van der Waals surface area contributed by atoms with Gasteiger partial charge in [0.05, 0.1) is 20.0 Å². The van der Waals surface area contributed by atoms with Crippen LogP contribution in [0.25, 0.3) is 0 Å². The number of halogens is 1. The van der Waals surface area contributed by atoms with Gasteiger partial charge < -0.3 is 9.47 Å². The third kappa shape index (κ3) is 6.76. The lowest BCUT2D eigenvalue weighted by molar-refractivity contribution is -0.155. The van der Waals surface area contributed by atoms with Crippen molar-refractivity contribution in [3.05, 3.63) is 34.3 Å². The molecule has 4 nitrogen and oxygen atoms in total. The molecule has 0 aromatic heterocycles. The summed E-state index contributed by atoms with van der Waals surface area (Å²) in [6.45, 7) is 5.46. The van der Waals surface area contributed by atoms with Crippen molar-refractivity contribution in [2.24, 2.45) is 0 Å². The fourth-order valence-electron chi connectivity index (χ4n) is 1.91. The lowest BCUT2D eigenvalue weighted by Crippen LogP contribution is -2.25. The van der Waals surface area contributed by atoms with Gasteiger partial charge in [0, 0.05) is 10.4 Å². The number of rotatable bonds is 5. The van der Waals surface area contributed by atoms with Gasteiger partial charge in [0.1, 0.15) is 5.60 Å². The largest absolute Gasteiger partial charge is 0.469 e. The maximum Gasteiger partial charge on any atom is 0.306 e. The Hall–Kier alpha value is -1.36. The van der Waals surface area contributed by atoms with E-state index in [4.69, 9.17) is 9.47 Å². The first-order valence-corrected chi connectivity index (χ1v) is 7.54. The summed E-state index contributed by atoms with van der Waals surface area (Å²) in [5, 5.41) is 0. The average Bonchev–Trinajstić information content (AvgIpc) is 2.36. The van der Waals surface area contributed by atoms with E-state index in [0.717, 1.165) is 10.0 Å². The van der Waals surface area contributed by atoms with Crippen molar-refractivity contribution in [2.75, 3.05) is 7.11 Å². The second kappa shape index (κ2) is 7.59. The molecule has 0 N–H and O–H groups in total. The third-order valence-electron chi connectivity index (χ3n) is 2.82. The molecule has 0 spiro atoms. The number of esters is 2. The average molecular weight is 357 g/mol. The van der Waals surface area contributed by atoms with E-state index >= 15 is 0 Å². The van der Waals surface area contributed by atoms with Crippen LogP contribution in [0.1, 0.15) is 45.1 Å². The van der Waals surface area contributed by atoms with Crippen molar-refractivity contribution in [3.8, 4) is 0 Å². The van der Waals surface area contributed by atoms with Crippen LogP contribution < -0.4 is 0 Å². The highest BCUT2D eigenvalue weighted by Gasteiger charge is 2.24. The second-order valence-corrected chi connectivity index (χ2v) is 6.73. The quantitative estimate of drug-likeness (QED) is 0.752. The Morgan fingerprint density at radius 3 is 2.10 bits per heavy atom. The number of benzene rings is 1. The minimum atomic E-state index is -0.535. The number of methoxy groups -OCH3 is 1. The number of hydrogen-bond acceptors (Lipinski definition) is 4. The van der Waals surface area contributed by atoms with Crippen LogP contribution in [-0.2, 0) is 19.1 Å². The molecule has 1 atom stereocenters. The number of carbonyl (C=O) groups is 2. The fourth-order valence-corrected chi connectivity index (χ4v) is 2.18. The minimum Gasteiger partial charge on any atom is -0.469 e. The van der Waals surface area contributed by atoms with E-state index in [2.05, 4.69) is 15.9 Å². The Labute approximate surface area is 133 Å². The normalized spacial score (nSPS) is 12.6. The van der Waals surface area contributed by atoms with Gasteiger partial charge >= 0.3 is 11.9 Å². The Bertz CT molecular complexity index is 488. The van der Waals surface area contributed by atoms with Crippen molar-refractivity contribution in [1.82, 2.24) is 0 Å².